The Bertz CT molecular complexity index is 939. The van der Waals surface area contributed by atoms with Crippen molar-refractivity contribution in [2.75, 3.05) is 24.6 Å². The Labute approximate surface area is 163 Å². The molecule has 7 heteroatoms. The third kappa shape index (κ3) is 4.31. The van der Waals surface area contributed by atoms with Crippen LogP contribution < -0.4 is 16.4 Å². The number of carbonyl (C=O) groups is 3. The van der Waals surface area contributed by atoms with Crippen LogP contribution in [0.25, 0.3) is 0 Å². The molecule has 1 heterocycles. The zero-order valence-electron chi connectivity index (χ0n) is 16.0. The highest BCUT2D eigenvalue weighted by Gasteiger charge is 2.22. The van der Waals surface area contributed by atoms with Crippen LogP contribution in [0.4, 0.5) is 11.4 Å². The fourth-order valence-electron chi connectivity index (χ4n) is 3.45. The van der Waals surface area contributed by atoms with Gasteiger partial charge in [-0.3, -0.25) is 14.4 Å². The van der Waals surface area contributed by atoms with Gasteiger partial charge in [-0.25, -0.2) is 0 Å². The van der Waals surface area contributed by atoms with Gasteiger partial charge in [-0.15, -0.1) is 0 Å². The number of anilines is 2. The smallest absolute Gasteiger partial charge is 0.254 e. The minimum Gasteiger partial charge on any atom is -0.399 e. The van der Waals surface area contributed by atoms with E-state index >= 15 is 0 Å². The van der Waals surface area contributed by atoms with E-state index in [9.17, 15) is 14.4 Å². The molecule has 146 valence electrons. The number of hydrogen-bond acceptors (Lipinski definition) is 4. The number of nitrogens with two attached hydrogens (primary N) is 1. The molecule has 0 bridgehead atoms. The first-order valence-electron chi connectivity index (χ1n) is 9.18. The highest BCUT2D eigenvalue weighted by Crippen LogP contribution is 2.24. The molecule has 0 unspecified atom stereocenters. The number of hydrogen-bond donors (Lipinski definition) is 3. The number of nitrogens with zero attached hydrogens (tertiary/aromatic N) is 1. The van der Waals surface area contributed by atoms with Crippen LogP contribution in [-0.4, -0.2) is 36.2 Å². The van der Waals surface area contributed by atoms with Crippen molar-refractivity contribution in [3.63, 3.8) is 0 Å². The molecule has 3 rings (SSSR count). The van der Waals surface area contributed by atoms with Crippen LogP contribution in [0.3, 0.4) is 0 Å². The molecular weight excluding hydrogens is 356 g/mol. The number of carbonyl (C=O) groups excluding carboxylic acids is 3. The van der Waals surface area contributed by atoms with Gasteiger partial charge in [0.2, 0.25) is 5.91 Å². The predicted molar refractivity (Wildman–Crippen MR) is 108 cm³/mol. The average Bonchev–Trinajstić information content (AvgIpc) is 2.87. The van der Waals surface area contributed by atoms with Crippen LogP contribution in [0.2, 0.25) is 0 Å². The van der Waals surface area contributed by atoms with E-state index in [0.717, 1.165) is 24.0 Å². The molecule has 7 nitrogen and oxygen atoms in total. The summed E-state index contributed by atoms with van der Waals surface area (Å²) in [6.07, 6.45) is 1.61. The summed E-state index contributed by atoms with van der Waals surface area (Å²) in [6, 6.07) is 10.5. The highest BCUT2D eigenvalue weighted by molar-refractivity contribution is 5.98. The van der Waals surface area contributed by atoms with E-state index in [2.05, 4.69) is 10.6 Å². The minimum atomic E-state index is -0.223. The first kappa shape index (κ1) is 19.4. The Kier molecular flexibility index (Phi) is 5.63. The largest absolute Gasteiger partial charge is 0.399 e. The maximum Gasteiger partial charge on any atom is 0.254 e. The summed E-state index contributed by atoms with van der Waals surface area (Å²) < 4.78 is 0. The monoisotopic (exact) mass is 380 g/mol. The molecule has 0 radical (unpaired) electrons. The lowest BCUT2D eigenvalue weighted by Gasteiger charge is -2.22. The Morgan fingerprint density at radius 2 is 1.82 bits per heavy atom. The van der Waals surface area contributed by atoms with Crippen molar-refractivity contribution in [3.05, 3.63) is 58.7 Å². The second-order valence-electron chi connectivity index (χ2n) is 6.92. The van der Waals surface area contributed by atoms with Crippen molar-refractivity contribution < 1.29 is 14.4 Å². The number of nitrogens with one attached hydrogen (secondary N) is 2. The van der Waals surface area contributed by atoms with Crippen LogP contribution >= 0.6 is 0 Å². The summed E-state index contributed by atoms with van der Waals surface area (Å²) in [5.74, 6) is -0.480. The summed E-state index contributed by atoms with van der Waals surface area (Å²) in [4.78, 5) is 38.0. The molecule has 0 fully saturated rings. The summed E-state index contributed by atoms with van der Waals surface area (Å²) >= 11 is 0. The quantitative estimate of drug-likeness (QED) is 0.710. The van der Waals surface area contributed by atoms with Crippen molar-refractivity contribution in [1.82, 2.24) is 10.2 Å². The van der Waals surface area contributed by atoms with Crippen molar-refractivity contribution >= 4 is 29.1 Å². The van der Waals surface area contributed by atoms with Crippen molar-refractivity contribution in [2.24, 2.45) is 0 Å². The third-order valence-corrected chi connectivity index (χ3v) is 4.74. The number of amides is 3. The summed E-state index contributed by atoms with van der Waals surface area (Å²) in [5.41, 5.74) is 10.0. The Morgan fingerprint density at radius 3 is 2.54 bits per heavy atom. The van der Waals surface area contributed by atoms with Gasteiger partial charge < -0.3 is 21.3 Å². The molecule has 2 aromatic rings. The number of aryl methyl sites for hydroxylation is 1. The van der Waals surface area contributed by atoms with Gasteiger partial charge in [0.25, 0.3) is 11.8 Å². The molecule has 2 aromatic carbocycles. The van der Waals surface area contributed by atoms with Crippen LogP contribution in [0, 0.1) is 0 Å². The first-order valence-corrected chi connectivity index (χ1v) is 9.18. The highest BCUT2D eigenvalue weighted by atomic mass is 16.2. The molecule has 28 heavy (non-hydrogen) atoms. The molecule has 0 atom stereocenters. The lowest BCUT2D eigenvalue weighted by molar-refractivity contribution is -0.114. The van der Waals surface area contributed by atoms with E-state index in [1.165, 1.54) is 6.92 Å². The maximum absolute atomic E-state index is 13.1. The van der Waals surface area contributed by atoms with E-state index < -0.39 is 0 Å². The van der Waals surface area contributed by atoms with Crippen molar-refractivity contribution in [2.45, 2.75) is 26.3 Å². The zero-order chi connectivity index (χ0) is 20.3. The molecule has 3 amide bonds. The Hall–Kier alpha value is -3.35. The summed E-state index contributed by atoms with van der Waals surface area (Å²) in [7, 11) is 1.61. The van der Waals surface area contributed by atoms with E-state index in [-0.39, 0.29) is 17.7 Å². The fraction of sp³-hybridized carbons (Fsp3) is 0.286. The lowest BCUT2D eigenvalue weighted by Crippen LogP contribution is -2.30. The summed E-state index contributed by atoms with van der Waals surface area (Å²) in [5, 5.41) is 5.30. The second kappa shape index (κ2) is 8.12. The molecule has 4 N–H and O–H groups in total. The van der Waals surface area contributed by atoms with Crippen molar-refractivity contribution in [1.29, 1.82) is 0 Å². The number of nitrogen functional groups attached to an aromatic ring is 1. The SMILES string of the molecule is CNC(=O)c1ccc2c(c1)CCCN(C(=O)c1cc(N)cc(NC(C)=O)c1)C2. The average molecular weight is 380 g/mol. The molecule has 1 aliphatic heterocycles. The maximum atomic E-state index is 13.1. The van der Waals surface area contributed by atoms with Crippen LogP contribution in [-0.2, 0) is 17.8 Å². The zero-order valence-corrected chi connectivity index (χ0v) is 16.0. The fourth-order valence-corrected chi connectivity index (χ4v) is 3.45. The third-order valence-electron chi connectivity index (χ3n) is 4.74. The van der Waals surface area contributed by atoms with Crippen LogP contribution in [0.1, 0.15) is 45.2 Å². The molecular formula is C21H24N4O3. The van der Waals surface area contributed by atoms with Gasteiger partial charge >= 0.3 is 0 Å². The van der Waals surface area contributed by atoms with Gasteiger partial charge in [-0.2, -0.15) is 0 Å². The normalized spacial score (nSPS) is 13.3. The Morgan fingerprint density at radius 1 is 1.04 bits per heavy atom. The molecule has 0 spiro atoms. The standard InChI is InChI=1S/C21H24N4O3/c1-13(26)24-19-10-17(9-18(22)11-19)21(28)25-7-3-4-14-8-15(20(27)23-2)5-6-16(14)12-25/h5-6,8-11H,3-4,7,12,22H2,1-2H3,(H,23,27)(H,24,26). The number of fused-ring (bicyclic) bond motifs is 1. The van der Waals surface area contributed by atoms with Crippen LogP contribution in [0.5, 0.6) is 0 Å². The molecule has 0 aromatic heterocycles. The first-order chi connectivity index (χ1) is 13.4. The Balaban J connectivity index is 1.85. The predicted octanol–water partition coefficient (Wildman–Crippen LogP) is 2.18. The molecule has 1 aliphatic rings. The second-order valence-corrected chi connectivity index (χ2v) is 6.92. The molecule has 0 saturated carbocycles. The topological polar surface area (TPSA) is 105 Å². The number of rotatable bonds is 3. The minimum absolute atomic E-state index is 0.120. The number of benzene rings is 2. The lowest BCUT2D eigenvalue weighted by atomic mass is 10.0. The van der Waals surface area contributed by atoms with Gasteiger partial charge in [-0.05, 0) is 54.3 Å². The van der Waals surface area contributed by atoms with E-state index in [4.69, 9.17) is 5.73 Å². The van der Waals surface area contributed by atoms with Gasteiger partial charge in [0.15, 0.2) is 0 Å². The summed E-state index contributed by atoms with van der Waals surface area (Å²) in [6.45, 7) is 2.48. The van der Waals surface area contributed by atoms with Gasteiger partial charge in [-0.1, -0.05) is 6.07 Å². The van der Waals surface area contributed by atoms with Gasteiger partial charge in [0, 0.05) is 49.6 Å². The molecule has 0 saturated heterocycles. The van der Waals surface area contributed by atoms with Crippen LogP contribution in [0.15, 0.2) is 36.4 Å². The van der Waals surface area contributed by atoms with E-state index in [0.29, 0.717) is 35.6 Å². The van der Waals surface area contributed by atoms with E-state index in [1.54, 1.807) is 36.2 Å². The molecule has 0 aliphatic carbocycles. The van der Waals surface area contributed by atoms with Gasteiger partial charge in [0.05, 0.1) is 0 Å². The van der Waals surface area contributed by atoms with Gasteiger partial charge in [0.1, 0.15) is 0 Å². The van der Waals surface area contributed by atoms with E-state index in [1.807, 2.05) is 12.1 Å². The van der Waals surface area contributed by atoms with Crippen molar-refractivity contribution in [3.8, 4) is 0 Å².